The fourth-order valence-corrected chi connectivity index (χ4v) is 3.90. The molecule has 0 radical (unpaired) electrons. The third-order valence-electron chi connectivity index (χ3n) is 5.50. The Morgan fingerprint density at radius 1 is 0.966 bits per heavy atom. The Bertz CT molecular complexity index is 998. The first-order chi connectivity index (χ1) is 14.3. The van der Waals surface area contributed by atoms with Gasteiger partial charge in [0.1, 0.15) is 12.3 Å². The molecular formula is C25H28N3O+. The zero-order chi connectivity index (χ0) is 19.9. The lowest BCUT2D eigenvalue weighted by molar-refractivity contribution is -0.918. The molecule has 1 saturated heterocycles. The van der Waals surface area contributed by atoms with Crippen molar-refractivity contribution in [1.29, 1.82) is 0 Å². The van der Waals surface area contributed by atoms with Crippen LogP contribution in [0.5, 0.6) is 5.75 Å². The van der Waals surface area contributed by atoms with E-state index in [9.17, 15) is 0 Å². The number of nitrogens with zero attached hydrogens (tertiary/aromatic N) is 2. The predicted molar refractivity (Wildman–Crippen MR) is 120 cm³/mol. The van der Waals surface area contributed by atoms with Crippen molar-refractivity contribution in [3.63, 3.8) is 0 Å². The lowest BCUT2D eigenvalue weighted by Gasteiger charge is -2.30. The molecule has 4 rings (SSSR count). The molecule has 148 valence electrons. The number of ether oxygens (including phenoxy) is 1. The number of hydrogen-bond donors (Lipinski definition) is 1. The number of methoxy groups -OCH3 is 1. The van der Waals surface area contributed by atoms with Gasteiger partial charge in [-0.3, -0.25) is 5.01 Å². The molecular weight excluding hydrogens is 358 g/mol. The van der Waals surface area contributed by atoms with E-state index < -0.39 is 0 Å². The van der Waals surface area contributed by atoms with E-state index >= 15 is 0 Å². The Hall–Kier alpha value is -3.11. The van der Waals surface area contributed by atoms with Gasteiger partial charge in [0, 0.05) is 17.3 Å². The normalized spacial score (nSPS) is 15.6. The first-order valence-corrected chi connectivity index (χ1v) is 10.2. The van der Waals surface area contributed by atoms with Gasteiger partial charge in [-0.1, -0.05) is 60.7 Å². The molecule has 0 aliphatic carbocycles. The molecule has 29 heavy (non-hydrogen) atoms. The van der Waals surface area contributed by atoms with E-state index in [1.54, 1.807) is 12.0 Å². The maximum Gasteiger partial charge on any atom is 0.126 e. The predicted octanol–water partition coefficient (Wildman–Crippen LogP) is 3.25. The van der Waals surface area contributed by atoms with Gasteiger partial charge in [-0.2, -0.15) is 5.10 Å². The van der Waals surface area contributed by atoms with E-state index in [0.717, 1.165) is 44.0 Å². The Morgan fingerprint density at radius 3 is 2.59 bits per heavy atom. The van der Waals surface area contributed by atoms with E-state index in [1.807, 2.05) is 42.6 Å². The van der Waals surface area contributed by atoms with E-state index in [1.165, 1.54) is 16.3 Å². The molecule has 0 saturated carbocycles. The van der Waals surface area contributed by atoms with Crippen molar-refractivity contribution in [2.24, 2.45) is 5.10 Å². The summed E-state index contributed by atoms with van der Waals surface area (Å²) in [6.45, 7) is 5.26. The van der Waals surface area contributed by atoms with Crippen LogP contribution >= 0.6 is 0 Å². The fraction of sp³-hybridized carbons (Fsp3) is 0.240. The van der Waals surface area contributed by atoms with Gasteiger partial charge in [0.25, 0.3) is 0 Å². The average Bonchev–Trinajstić information content (AvgIpc) is 2.78. The molecule has 4 heteroatoms. The number of para-hydroxylation sites is 1. The number of piperazine rings is 1. The summed E-state index contributed by atoms with van der Waals surface area (Å²) in [6, 6.07) is 23.3. The molecule has 1 N–H and O–H groups in total. The minimum absolute atomic E-state index is 0.878. The van der Waals surface area contributed by atoms with E-state index in [-0.39, 0.29) is 0 Å². The number of quaternary nitrogens is 1. The summed E-state index contributed by atoms with van der Waals surface area (Å²) in [5.41, 5.74) is 2.50. The highest BCUT2D eigenvalue weighted by atomic mass is 16.5. The number of rotatable bonds is 6. The summed E-state index contributed by atoms with van der Waals surface area (Å²) in [5.74, 6) is 0.878. The first kappa shape index (κ1) is 19.2. The van der Waals surface area contributed by atoms with Gasteiger partial charge in [-0.15, -0.1) is 0 Å². The van der Waals surface area contributed by atoms with Gasteiger partial charge in [-0.05, 0) is 29.0 Å². The molecule has 0 atom stereocenters. The van der Waals surface area contributed by atoms with Crippen LogP contribution in [0.4, 0.5) is 0 Å². The summed E-state index contributed by atoms with van der Waals surface area (Å²) < 4.78 is 5.37. The molecule has 1 heterocycles. The van der Waals surface area contributed by atoms with Gasteiger partial charge in [0.15, 0.2) is 0 Å². The fourth-order valence-electron chi connectivity index (χ4n) is 3.90. The standard InChI is InChI=1S/C25H27N3O/c1-29-25-14-5-3-9-22(25)12-7-15-26-28-18-16-27(17-19-28)20-23-11-6-10-21-8-2-4-13-24(21)23/h2-15H,16-20H2,1H3/p+1/b12-7+,26-15-. The smallest absolute Gasteiger partial charge is 0.126 e. The molecule has 4 nitrogen and oxygen atoms in total. The zero-order valence-electron chi connectivity index (χ0n) is 16.9. The first-order valence-electron chi connectivity index (χ1n) is 10.2. The summed E-state index contributed by atoms with van der Waals surface area (Å²) >= 11 is 0. The Balaban J connectivity index is 1.30. The van der Waals surface area contributed by atoms with Crippen molar-refractivity contribution in [2.45, 2.75) is 6.54 Å². The summed E-state index contributed by atoms with van der Waals surface area (Å²) in [6.07, 6.45) is 5.89. The van der Waals surface area contributed by atoms with Crippen molar-refractivity contribution < 1.29 is 9.64 Å². The molecule has 0 bridgehead atoms. The Kier molecular flexibility index (Phi) is 6.22. The topological polar surface area (TPSA) is 29.3 Å². The molecule has 1 fully saturated rings. The number of hydrazone groups is 1. The molecule has 3 aromatic carbocycles. The molecule has 3 aromatic rings. The second kappa shape index (κ2) is 9.39. The van der Waals surface area contributed by atoms with E-state index in [4.69, 9.17) is 4.74 Å². The van der Waals surface area contributed by atoms with Gasteiger partial charge in [0.05, 0.1) is 33.3 Å². The van der Waals surface area contributed by atoms with Crippen LogP contribution in [-0.2, 0) is 6.54 Å². The van der Waals surface area contributed by atoms with E-state index in [2.05, 4.69) is 52.6 Å². The maximum atomic E-state index is 5.37. The second-order valence-corrected chi connectivity index (χ2v) is 7.38. The number of nitrogens with one attached hydrogen (secondary N) is 1. The number of benzene rings is 3. The van der Waals surface area contributed by atoms with Crippen molar-refractivity contribution >= 4 is 23.1 Å². The number of allylic oxidation sites excluding steroid dienone is 1. The van der Waals surface area contributed by atoms with Crippen LogP contribution in [-0.4, -0.2) is 44.5 Å². The molecule has 1 aliphatic heterocycles. The maximum absolute atomic E-state index is 5.37. The Labute approximate surface area is 172 Å². The van der Waals surface area contributed by atoms with Crippen molar-refractivity contribution in [2.75, 3.05) is 33.3 Å². The minimum atomic E-state index is 0.878. The minimum Gasteiger partial charge on any atom is -0.496 e. The van der Waals surface area contributed by atoms with Gasteiger partial charge in [0.2, 0.25) is 0 Å². The summed E-state index contributed by atoms with van der Waals surface area (Å²) in [7, 11) is 1.70. The van der Waals surface area contributed by atoms with Crippen LogP contribution in [0, 0.1) is 0 Å². The molecule has 0 amide bonds. The van der Waals surface area contributed by atoms with Gasteiger partial charge in [-0.25, -0.2) is 0 Å². The van der Waals surface area contributed by atoms with Gasteiger partial charge >= 0.3 is 0 Å². The van der Waals surface area contributed by atoms with Crippen molar-refractivity contribution in [3.05, 3.63) is 83.9 Å². The Morgan fingerprint density at radius 2 is 1.72 bits per heavy atom. The second-order valence-electron chi connectivity index (χ2n) is 7.38. The third kappa shape index (κ3) is 4.84. The molecule has 0 aromatic heterocycles. The lowest BCUT2D eigenvalue weighted by Crippen LogP contribution is -3.13. The third-order valence-corrected chi connectivity index (χ3v) is 5.50. The van der Waals surface area contributed by atoms with Crippen LogP contribution in [0.3, 0.4) is 0 Å². The van der Waals surface area contributed by atoms with Crippen LogP contribution in [0.2, 0.25) is 0 Å². The van der Waals surface area contributed by atoms with Gasteiger partial charge < -0.3 is 9.64 Å². The highest BCUT2D eigenvalue weighted by molar-refractivity contribution is 5.85. The summed E-state index contributed by atoms with van der Waals surface area (Å²) in [5, 5.41) is 9.49. The van der Waals surface area contributed by atoms with Crippen LogP contribution < -0.4 is 9.64 Å². The lowest BCUT2D eigenvalue weighted by atomic mass is 10.0. The largest absolute Gasteiger partial charge is 0.496 e. The van der Waals surface area contributed by atoms with Crippen molar-refractivity contribution in [1.82, 2.24) is 5.01 Å². The highest BCUT2D eigenvalue weighted by Crippen LogP contribution is 2.19. The molecule has 1 aliphatic rings. The molecule has 0 spiro atoms. The monoisotopic (exact) mass is 386 g/mol. The van der Waals surface area contributed by atoms with Crippen LogP contribution in [0.25, 0.3) is 16.8 Å². The SMILES string of the molecule is COc1ccccc1/C=C/C=N\N1CC[NH+](Cc2cccc3ccccc23)CC1. The number of fused-ring (bicyclic) bond motifs is 1. The summed E-state index contributed by atoms with van der Waals surface area (Å²) in [4.78, 5) is 1.62. The highest BCUT2D eigenvalue weighted by Gasteiger charge is 2.19. The zero-order valence-corrected chi connectivity index (χ0v) is 16.9. The molecule has 0 unspecified atom stereocenters. The quantitative estimate of drug-likeness (QED) is 0.659. The van der Waals surface area contributed by atoms with Crippen LogP contribution in [0.15, 0.2) is 77.9 Å². The van der Waals surface area contributed by atoms with Crippen LogP contribution in [0.1, 0.15) is 11.1 Å². The average molecular weight is 387 g/mol. The number of hydrogen-bond acceptors (Lipinski definition) is 3. The van der Waals surface area contributed by atoms with E-state index in [0.29, 0.717) is 0 Å². The van der Waals surface area contributed by atoms with Crippen molar-refractivity contribution in [3.8, 4) is 5.75 Å².